The van der Waals surface area contributed by atoms with Crippen LogP contribution >= 0.6 is 12.2 Å². The van der Waals surface area contributed by atoms with E-state index in [4.69, 9.17) is 12.2 Å². The largest absolute Gasteiger partial charge is 0.358 e. The van der Waals surface area contributed by atoms with Gasteiger partial charge in [0.05, 0.1) is 11.2 Å². The molecule has 0 aliphatic heterocycles. The predicted octanol–water partition coefficient (Wildman–Crippen LogP) is 3.72. The Morgan fingerprint density at radius 1 is 0.952 bits per heavy atom. The van der Waals surface area contributed by atoms with E-state index in [2.05, 4.69) is 27.8 Å². The Morgan fingerprint density at radius 3 is 2.62 bits per heavy atom. The average molecular weight is 293 g/mol. The Labute approximate surface area is 129 Å². The summed E-state index contributed by atoms with van der Waals surface area (Å²) in [6.07, 6.45) is 1.79. The highest BCUT2D eigenvalue weighted by Gasteiger charge is 2.03. The molecule has 0 aliphatic rings. The van der Waals surface area contributed by atoms with Gasteiger partial charge in [-0.1, -0.05) is 48.5 Å². The van der Waals surface area contributed by atoms with Crippen molar-refractivity contribution in [2.75, 3.05) is 5.32 Å². The number of hydrogen-bond acceptors (Lipinski definition) is 2. The van der Waals surface area contributed by atoms with Crippen LogP contribution in [0.5, 0.6) is 0 Å². The Bertz CT molecular complexity index is 751. The Hall–Kier alpha value is -2.46. The van der Waals surface area contributed by atoms with Gasteiger partial charge in [-0.25, -0.2) is 0 Å². The van der Waals surface area contributed by atoms with Gasteiger partial charge in [0.1, 0.15) is 0 Å². The Kier molecular flexibility index (Phi) is 4.07. The molecule has 0 radical (unpaired) electrons. The third kappa shape index (κ3) is 3.35. The van der Waals surface area contributed by atoms with Crippen LogP contribution in [0.1, 0.15) is 5.56 Å². The lowest BCUT2D eigenvalue weighted by molar-refractivity contribution is 0.926. The number of hydrogen-bond donors (Lipinski definition) is 2. The second-order valence-corrected chi connectivity index (χ2v) is 5.08. The average Bonchev–Trinajstić information content (AvgIpc) is 2.54. The van der Waals surface area contributed by atoms with Gasteiger partial charge >= 0.3 is 0 Å². The minimum Gasteiger partial charge on any atom is -0.358 e. The lowest BCUT2D eigenvalue weighted by atomic mass is 10.2. The molecule has 0 saturated carbocycles. The van der Waals surface area contributed by atoms with Crippen LogP contribution in [-0.2, 0) is 6.54 Å². The van der Waals surface area contributed by atoms with Gasteiger partial charge in [0.25, 0.3) is 0 Å². The van der Waals surface area contributed by atoms with Crippen LogP contribution in [0.3, 0.4) is 0 Å². The lowest BCUT2D eigenvalue weighted by Crippen LogP contribution is -2.28. The molecule has 0 atom stereocenters. The summed E-state index contributed by atoms with van der Waals surface area (Å²) in [5.41, 5.74) is 3.03. The normalized spacial score (nSPS) is 10.3. The number of nitrogens with one attached hydrogen (secondary N) is 2. The highest BCUT2D eigenvalue weighted by atomic mass is 32.1. The molecule has 0 unspecified atom stereocenters. The minimum atomic E-state index is 0.594. The monoisotopic (exact) mass is 293 g/mol. The molecule has 104 valence electrons. The summed E-state index contributed by atoms with van der Waals surface area (Å²) in [6, 6.07) is 20.1. The third-order valence-electron chi connectivity index (χ3n) is 3.18. The molecule has 2 N–H and O–H groups in total. The van der Waals surface area contributed by atoms with Gasteiger partial charge in [0.2, 0.25) is 0 Å². The number of para-hydroxylation sites is 1. The van der Waals surface area contributed by atoms with Gasteiger partial charge in [0, 0.05) is 18.1 Å². The summed E-state index contributed by atoms with van der Waals surface area (Å²) < 4.78 is 0. The fraction of sp³-hybridized carbons (Fsp3) is 0.0588. The topological polar surface area (TPSA) is 37.0 Å². The molecule has 1 aromatic heterocycles. The molecular formula is C17H15N3S. The van der Waals surface area contributed by atoms with Gasteiger partial charge in [0.15, 0.2) is 5.11 Å². The van der Waals surface area contributed by atoms with Crippen LogP contribution in [0.15, 0.2) is 66.9 Å². The van der Waals surface area contributed by atoms with Crippen LogP contribution < -0.4 is 10.6 Å². The quantitative estimate of drug-likeness (QED) is 0.722. The SMILES string of the molecule is S=C(NCc1ccccc1)Nc1cccc2cccnc12. The highest BCUT2D eigenvalue weighted by molar-refractivity contribution is 7.80. The maximum absolute atomic E-state index is 5.35. The van der Waals surface area contributed by atoms with E-state index in [0.29, 0.717) is 11.7 Å². The smallest absolute Gasteiger partial charge is 0.171 e. The van der Waals surface area contributed by atoms with Crippen molar-refractivity contribution in [2.24, 2.45) is 0 Å². The fourth-order valence-electron chi connectivity index (χ4n) is 2.15. The van der Waals surface area contributed by atoms with Crippen molar-refractivity contribution in [1.29, 1.82) is 0 Å². The second kappa shape index (κ2) is 6.33. The molecule has 0 amide bonds. The molecule has 0 aliphatic carbocycles. The number of aromatic nitrogens is 1. The molecular weight excluding hydrogens is 278 g/mol. The van der Waals surface area contributed by atoms with Gasteiger partial charge in [-0.2, -0.15) is 0 Å². The first-order chi connectivity index (χ1) is 10.3. The van der Waals surface area contributed by atoms with Crippen molar-refractivity contribution < 1.29 is 0 Å². The van der Waals surface area contributed by atoms with E-state index in [1.165, 1.54) is 5.56 Å². The van der Waals surface area contributed by atoms with E-state index >= 15 is 0 Å². The first-order valence-corrected chi connectivity index (χ1v) is 7.16. The van der Waals surface area contributed by atoms with Crippen LogP contribution in [0.2, 0.25) is 0 Å². The number of fused-ring (bicyclic) bond motifs is 1. The first-order valence-electron chi connectivity index (χ1n) is 6.75. The van der Waals surface area contributed by atoms with Crippen molar-refractivity contribution in [3.8, 4) is 0 Å². The van der Waals surface area contributed by atoms with Crippen molar-refractivity contribution in [3.63, 3.8) is 0 Å². The van der Waals surface area contributed by atoms with Crippen LogP contribution in [0, 0.1) is 0 Å². The summed E-state index contributed by atoms with van der Waals surface area (Å²) in [5.74, 6) is 0. The molecule has 0 bridgehead atoms. The van der Waals surface area contributed by atoms with Gasteiger partial charge in [-0.15, -0.1) is 0 Å². The number of pyridine rings is 1. The molecule has 4 heteroatoms. The van der Waals surface area contributed by atoms with E-state index in [0.717, 1.165) is 16.6 Å². The summed E-state index contributed by atoms with van der Waals surface area (Å²) in [5, 5.41) is 8.10. The van der Waals surface area contributed by atoms with Crippen LogP contribution in [0.4, 0.5) is 5.69 Å². The predicted molar refractivity (Wildman–Crippen MR) is 91.2 cm³/mol. The molecule has 0 spiro atoms. The molecule has 3 nitrogen and oxygen atoms in total. The molecule has 1 heterocycles. The molecule has 21 heavy (non-hydrogen) atoms. The Morgan fingerprint density at radius 2 is 1.76 bits per heavy atom. The van der Waals surface area contributed by atoms with Gasteiger partial charge in [-0.3, -0.25) is 4.98 Å². The summed E-state index contributed by atoms with van der Waals surface area (Å²) in [4.78, 5) is 4.40. The van der Waals surface area contributed by atoms with Crippen molar-refractivity contribution in [1.82, 2.24) is 10.3 Å². The maximum atomic E-state index is 5.35. The molecule has 3 aromatic rings. The zero-order valence-electron chi connectivity index (χ0n) is 11.4. The zero-order chi connectivity index (χ0) is 14.5. The Balaban J connectivity index is 1.69. The van der Waals surface area contributed by atoms with E-state index in [-0.39, 0.29) is 0 Å². The number of rotatable bonds is 3. The van der Waals surface area contributed by atoms with Crippen molar-refractivity contribution in [3.05, 3.63) is 72.4 Å². The third-order valence-corrected chi connectivity index (χ3v) is 3.42. The number of benzene rings is 2. The van der Waals surface area contributed by atoms with E-state index in [1.807, 2.05) is 48.5 Å². The molecule has 3 rings (SSSR count). The highest BCUT2D eigenvalue weighted by Crippen LogP contribution is 2.20. The number of thiocarbonyl (C=S) groups is 1. The molecule has 2 aromatic carbocycles. The van der Waals surface area contributed by atoms with Crippen LogP contribution in [0.25, 0.3) is 10.9 Å². The van der Waals surface area contributed by atoms with Crippen LogP contribution in [-0.4, -0.2) is 10.1 Å². The van der Waals surface area contributed by atoms with Gasteiger partial charge < -0.3 is 10.6 Å². The summed E-state index contributed by atoms with van der Waals surface area (Å²) in [6.45, 7) is 0.699. The lowest BCUT2D eigenvalue weighted by Gasteiger charge is -2.12. The van der Waals surface area contributed by atoms with E-state index in [1.54, 1.807) is 6.20 Å². The van der Waals surface area contributed by atoms with Gasteiger partial charge in [-0.05, 0) is 29.9 Å². The fourth-order valence-corrected chi connectivity index (χ4v) is 2.33. The number of anilines is 1. The standard InChI is InChI=1S/C17H15N3S/c21-17(19-12-13-6-2-1-3-7-13)20-15-10-4-8-14-9-5-11-18-16(14)15/h1-11H,12H2,(H2,19,20,21). The minimum absolute atomic E-state index is 0.594. The molecule has 0 saturated heterocycles. The zero-order valence-corrected chi connectivity index (χ0v) is 12.2. The van der Waals surface area contributed by atoms with E-state index in [9.17, 15) is 0 Å². The summed E-state index contributed by atoms with van der Waals surface area (Å²) in [7, 11) is 0. The number of nitrogens with zero attached hydrogens (tertiary/aromatic N) is 1. The molecule has 0 fully saturated rings. The van der Waals surface area contributed by atoms with E-state index < -0.39 is 0 Å². The van der Waals surface area contributed by atoms with Crippen molar-refractivity contribution >= 4 is 33.9 Å². The second-order valence-electron chi connectivity index (χ2n) is 4.67. The maximum Gasteiger partial charge on any atom is 0.171 e. The summed E-state index contributed by atoms with van der Waals surface area (Å²) >= 11 is 5.35. The van der Waals surface area contributed by atoms with Crippen molar-refractivity contribution in [2.45, 2.75) is 6.54 Å². The first kappa shape index (κ1) is 13.5.